The number of carbonyl (C=O) groups is 1. The van der Waals surface area contributed by atoms with Crippen LogP contribution in [0.15, 0.2) is 0 Å². The normalized spacial score (nSPS) is 23.0. The maximum absolute atomic E-state index is 12.1. The van der Waals surface area contributed by atoms with Gasteiger partial charge in [-0.2, -0.15) is 0 Å². The van der Waals surface area contributed by atoms with Gasteiger partial charge in [-0.05, 0) is 43.7 Å². The van der Waals surface area contributed by atoms with Crippen LogP contribution in [-0.4, -0.2) is 47.0 Å². The van der Waals surface area contributed by atoms with E-state index < -0.39 is 0 Å². The first-order valence-electron chi connectivity index (χ1n) is 8.51. The van der Waals surface area contributed by atoms with Crippen LogP contribution in [-0.2, 0) is 12.8 Å². The number of rotatable bonds is 3. The third kappa shape index (κ3) is 3.51. The number of carbonyl (C=O) groups excluding carboxylic acids is 1. The van der Waals surface area contributed by atoms with Crippen molar-refractivity contribution in [2.75, 3.05) is 26.2 Å². The van der Waals surface area contributed by atoms with Crippen LogP contribution in [0.2, 0.25) is 0 Å². The highest BCUT2D eigenvalue weighted by atomic mass is 16.1. The van der Waals surface area contributed by atoms with E-state index in [-0.39, 0.29) is 11.3 Å². The Hall–Kier alpha value is -1.36. The first-order chi connectivity index (χ1) is 10.4. The van der Waals surface area contributed by atoms with E-state index in [1.54, 1.807) is 0 Å². The molecule has 3 heterocycles. The Morgan fingerprint density at radius 2 is 2.05 bits per heavy atom. The van der Waals surface area contributed by atoms with Crippen LogP contribution in [0.25, 0.3) is 0 Å². The molecule has 0 bridgehead atoms. The number of amides is 1. The number of aromatic nitrogens is 2. The molecule has 2 aliphatic heterocycles. The second kappa shape index (κ2) is 6.03. The Morgan fingerprint density at radius 3 is 2.77 bits per heavy atom. The molecule has 3 rings (SSSR count). The first-order valence-corrected chi connectivity index (χ1v) is 8.51. The average Bonchev–Trinajstić information content (AvgIpc) is 2.82. The number of nitrogens with one attached hydrogen (secondary N) is 2. The van der Waals surface area contributed by atoms with Crippen LogP contribution in [0.3, 0.4) is 0 Å². The lowest BCUT2D eigenvalue weighted by Gasteiger charge is -2.29. The molecule has 0 spiro atoms. The number of aromatic amines is 1. The molecular weight excluding hydrogens is 276 g/mol. The summed E-state index contributed by atoms with van der Waals surface area (Å²) in [5, 5.41) is 2.98. The molecule has 22 heavy (non-hydrogen) atoms. The van der Waals surface area contributed by atoms with Crippen molar-refractivity contribution in [2.24, 2.45) is 11.3 Å². The quantitative estimate of drug-likeness (QED) is 0.898. The fourth-order valence-corrected chi connectivity index (χ4v) is 3.39. The van der Waals surface area contributed by atoms with Crippen LogP contribution in [0.5, 0.6) is 0 Å². The summed E-state index contributed by atoms with van der Waals surface area (Å²) in [7, 11) is 0. The second-order valence-electron chi connectivity index (χ2n) is 7.81. The number of hydrogen-bond donors (Lipinski definition) is 2. The minimum atomic E-state index is -0.0325. The molecule has 0 unspecified atom stereocenters. The highest BCUT2D eigenvalue weighted by Crippen LogP contribution is 2.25. The van der Waals surface area contributed by atoms with Gasteiger partial charge in [0.05, 0.1) is 0 Å². The minimum Gasteiger partial charge on any atom is -0.350 e. The van der Waals surface area contributed by atoms with Crippen molar-refractivity contribution < 1.29 is 4.79 Å². The highest BCUT2D eigenvalue weighted by molar-refractivity contribution is 5.93. The van der Waals surface area contributed by atoms with E-state index in [0.29, 0.717) is 12.2 Å². The molecule has 5 nitrogen and oxygen atoms in total. The smallest absolute Gasteiger partial charge is 0.271 e. The van der Waals surface area contributed by atoms with Crippen LogP contribution in [0.1, 0.15) is 55.6 Å². The number of hydrogen-bond acceptors (Lipinski definition) is 3. The summed E-state index contributed by atoms with van der Waals surface area (Å²) in [5.74, 6) is 1.79. The molecule has 1 aromatic heterocycles. The lowest BCUT2D eigenvalue weighted by molar-refractivity contribution is 0.0940. The van der Waals surface area contributed by atoms with Crippen molar-refractivity contribution in [3.05, 3.63) is 17.2 Å². The Bertz CT molecular complexity index is 541. The number of likely N-dealkylation sites (tertiary alicyclic amines) is 1. The van der Waals surface area contributed by atoms with Gasteiger partial charge in [-0.15, -0.1) is 0 Å². The zero-order chi connectivity index (χ0) is 15.7. The topological polar surface area (TPSA) is 61.0 Å². The molecule has 1 amide bonds. The van der Waals surface area contributed by atoms with Gasteiger partial charge in [0.15, 0.2) is 0 Å². The number of nitrogens with zero attached hydrogens (tertiary/aromatic N) is 2. The SMILES string of the molecule is CC1CCN(CCc2nc3c([nH]2)CC(C)(C)CNC3=O)CC1. The van der Waals surface area contributed by atoms with Crippen molar-refractivity contribution in [3.8, 4) is 0 Å². The number of fused-ring (bicyclic) bond motifs is 1. The zero-order valence-electron chi connectivity index (χ0n) is 14.0. The van der Waals surface area contributed by atoms with Gasteiger partial charge >= 0.3 is 0 Å². The molecule has 1 saturated heterocycles. The minimum absolute atomic E-state index is 0.0325. The summed E-state index contributed by atoms with van der Waals surface area (Å²) >= 11 is 0. The average molecular weight is 304 g/mol. The molecule has 1 aromatic rings. The van der Waals surface area contributed by atoms with Crippen LogP contribution >= 0.6 is 0 Å². The molecule has 0 aliphatic carbocycles. The number of imidazole rings is 1. The fourth-order valence-electron chi connectivity index (χ4n) is 3.39. The third-order valence-corrected chi connectivity index (χ3v) is 4.97. The van der Waals surface area contributed by atoms with Gasteiger partial charge < -0.3 is 15.2 Å². The van der Waals surface area contributed by atoms with Crippen molar-refractivity contribution in [3.63, 3.8) is 0 Å². The third-order valence-electron chi connectivity index (χ3n) is 4.97. The first kappa shape index (κ1) is 15.5. The maximum atomic E-state index is 12.1. The van der Waals surface area contributed by atoms with Crippen LogP contribution < -0.4 is 5.32 Å². The Labute approximate surface area is 132 Å². The van der Waals surface area contributed by atoms with Crippen molar-refractivity contribution in [2.45, 2.75) is 46.5 Å². The van der Waals surface area contributed by atoms with Gasteiger partial charge in [-0.25, -0.2) is 4.98 Å². The van der Waals surface area contributed by atoms with Gasteiger partial charge in [-0.1, -0.05) is 20.8 Å². The van der Waals surface area contributed by atoms with E-state index >= 15 is 0 Å². The van der Waals surface area contributed by atoms with Gasteiger partial charge in [0, 0.05) is 25.2 Å². The second-order valence-corrected chi connectivity index (χ2v) is 7.81. The van der Waals surface area contributed by atoms with Crippen LogP contribution in [0.4, 0.5) is 0 Å². The molecule has 1 fully saturated rings. The molecule has 0 saturated carbocycles. The standard InChI is InChI=1S/C17H28N4O/c1-12-4-7-21(8-5-12)9-6-14-19-13-10-17(2,3)11-18-16(22)15(13)20-14/h12H,4-11H2,1-3H3,(H,18,22)(H,19,20). The van der Waals surface area contributed by atoms with E-state index in [1.165, 1.54) is 25.9 Å². The highest BCUT2D eigenvalue weighted by Gasteiger charge is 2.29. The van der Waals surface area contributed by atoms with E-state index in [1.807, 2.05) is 0 Å². The van der Waals surface area contributed by atoms with E-state index in [9.17, 15) is 4.79 Å². The summed E-state index contributed by atoms with van der Waals surface area (Å²) in [6.07, 6.45) is 4.36. The molecule has 5 heteroatoms. The summed E-state index contributed by atoms with van der Waals surface area (Å²) < 4.78 is 0. The van der Waals surface area contributed by atoms with Gasteiger partial charge in [0.1, 0.15) is 11.5 Å². The summed E-state index contributed by atoms with van der Waals surface area (Å²) in [6.45, 7) is 10.8. The number of H-pyrrole nitrogens is 1. The molecule has 0 radical (unpaired) electrons. The van der Waals surface area contributed by atoms with Crippen molar-refractivity contribution in [1.82, 2.24) is 20.2 Å². The Morgan fingerprint density at radius 1 is 1.32 bits per heavy atom. The molecule has 2 aliphatic rings. The van der Waals surface area contributed by atoms with Gasteiger partial charge in [0.2, 0.25) is 0 Å². The Balaban J connectivity index is 1.64. The predicted octanol–water partition coefficient (Wildman–Crippen LogP) is 2.00. The summed E-state index contributed by atoms with van der Waals surface area (Å²) in [5.41, 5.74) is 1.68. The summed E-state index contributed by atoms with van der Waals surface area (Å²) in [6, 6.07) is 0. The monoisotopic (exact) mass is 304 g/mol. The van der Waals surface area contributed by atoms with E-state index in [2.05, 4.69) is 41.0 Å². The molecular formula is C17H28N4O. The number of piperidine rings is 1. The van der Waals surface area contributed by atoms with Gasteiger partial charge in [0.25, 0.3) is 5.91 Å². The lowest BCUT2D eigenvalue weighted by atomic mass is 9.88. The van der Waals surface area contributed by atoms with E-state index in [4.69, 9.17) is 0 Å². The largest absolute Gasteiger partial charge is 0.350 e. The Kier molecular flexibility index (Phi) is 4.26. The predicted molar refractivity (Wildman–Crippen MR) is 86.9 cm³/mol. The maximum Gasteiger partial charge on any atom is 0.271 e. The van der Waals surface area contributed by atoms with Gasteiger partial charge in [-0.3, -0.25) is 4.79 Å². The van der Waals surface area contributed by atoms with E-state index in [0.717, 1.165) is 36.8 Å². The van der Waals surface area contributed by atoms with Crippen LogP contribution in [0, 0.1) is 11.3 Å². The molecule has 2 N–H and O–H groups in total. The zero-order valence-corrected chi connectivity index (χ0v) is 14.0. The molecule has 0 atom stereocenters. The fraction of sp³-hybridized carbons (Fsp3) is 0.765. The molecule has 0 aromatic carbocycles. The summed E-state index contributed by atoms with van der Waals surface area (Å²) in [4.78, 5) is 22.6. The van der Waals surface area contributed by atoms with Crippen molar-refractivity contribution >= 4 is 5.91 Å². The van der Waals surface area contributed by atoms with Crippen molar-refractivity contribution in [1.29, 1.82) is 0 Å². The lowest BCUT2D eigenvalue weighted by Crippen LogP contribution is -2.34. The molecule has 122 valence electrons.